The maximum atomic E-state index is 12.5. The first-order chi connectivity index (χ1) is 51.1. The number of anilines is 1. The van der Waals surface area contributed by atoms with E-state index < -0.39 is 0 Å². The monoisotopic (exact) mass is 1450 g/mol. The van der Waals surface area contributed by atoms with Gasteiger partial charge in [-0.2, -0.15) is 21.0 Å². The second kappa shape index (κ2) is 43.0. The minimum absolute atomic E-state index is 0.0369. The van der Waals surface area contributed by atoms with Crippen LogP contribution in [-0.2, 0) is 51.4 Å². The standard InChI is InChI=1S/C21H26N6O2S.C20H25N5O3.C18H24N4O2.C17H22N4O2/c22-14-16-4-3-9-27(16)20(29)15-23-8-7-19(28)25-10-12-26(13-11-25)21-24-17-5-1-2-6-18(17)30-21;21-13-17-7-4-10-25(17)19(27)14-22-9-8-18(26)23-11-12-24(15-23)20(28)16-5-2-1-3-6-16;1-21(14-15-6-3-2-4-7-15)17(23)9-10-20-13-18(24)22-11-5-8-16(22)12-19;18-11-15-7-4-10-21(15)17(23)13-19-9-8-16(22)20-12-14-5-2-1-3-6-14/h1-2,5-6,16,23H,3-4,7-13,15H2;1-3,5-6,17,22H,4,7-12,14-15H2;2-4,6-7,16,20H,5,8-11,13-14H2,1H3;1-3,5-6,15,19H,4,7-10,12-13H2,(H,20,22)/t16-;17-;16-;15-/m0000/s1. The Morgan fingerprint density at radius 1 is 0.457 bits per heavy atom. The van der Waals surface area contributed by atoms with Crippen LogP contribution in [0.5, 0.6) is 0 Å². The van der Waals surface area contributed by atoms with Crippen LogP contribution in [-0.4, -0.2) is 253 Å². The van der Waals surface area contributed by atoms with Crippen molar-refractivity contribution in [3.8, 4) is 24.3 Å². The number of piperazine rings is 1. The molecule has 28 nitrogen and oxygen atoms in total. The van der Waals surface area contributed by atoms with Crippen molar-refractivity contribution in [2.75, 3.05) is 136 Å². The summed E-state index contributed by atoms with van der Waals surface area (Å²) in [6.07, 6.45) is 7.80. The molecule has 0 unspecified atom stereocenters. The minimum Gasteiger partial charge on any atom is -0.352 e. The van der Waals surface area contributed by atoms with Crippen molar-refractivity contribution in [1.82, 2.24) is 70.8 Å². The second-order valence-electron chi connectivity index (χ2n) is 26.3. The van der Waals surface area contributed by atoms with Crippen LogP contribution in [0.1, 0.15) is 98.5 Å². The summed E-state index contributed by atoms with van der Waals surface area (Å²) in [7, 11) is 1.78. The molecule has 0 aliphatic carbocycles. The average Bonchev–Trinajstić information content (AvgIpc) is 1.16. The number of rotatable bonds is 26. The third-order valence-electron chi connectivity index (χ3n) is 18.9. The number of carbonyl (C=O) groups excluding carboxylic acids is 9. The maximum Gasteiger partial charge on any atom is 0.255 e. The zero-order chi connectivity index (χ0) is 74.7. The third-order valence-corrected chi connectivity index (χ3v) is 20.0. The van der Waals surface area contributed by atoms with E-state index in [4.69, 9.17) is 26.0 Å². The van der Waals surface area contributed by atoms with E-state index in [0.29, 0.717) is 123 Å². The number of thiazole rings is 1. The Kier molecular flexibility index (Phi) is 32.9. The highest BCUT2D eigenvalue weighted by Crippen LogP contribution is 2.29. The van der Waals surface area contributed by atoms with Crippen molar-refractivity contribution in [2.24, 2.45) is 0 Å². The van der Waals surface area contributed by atoms with Gasteiger partial charge in [0.2, 0.25) is 47.3 Å². The maximum absolute atomic E-state index is 12.5. The molecule has 556 valence electrons. The van der Waals surface area contributed by atoms with E-state index in [1.54, 1.807) is 64.8 Å². The third kappa shape index (κ3) is 25.2. The summed E-state index contributed by atoms with van der Waals surface area (Å²) in [6, 6.07) is 44.1. The zero-order valence-corrected chi connectivity index (χ0v) is 60.8. The van der Waals surface area contributed by atoms with Crippen molar-refractivity contribution in [3.63, 3.8) is 0 Å². The number of fused-ring (bicyclic) bond motifs is 1. The first-order valence-electron chi connectivity index (χ1n) is 36.3. The van der Waals surface area contributed by atoms with Crippen LogP contribution >= 0.6 is 11.3 Å². The molecule has 0 radical (unpaired) electrons. The number of nitrogens with one attached hydrogen (secondary N) is 5. The molecular weight excluding hydrogens is 1360 g/mol. The second-order valence-corrected chi connectivity index (χ2v) is 27.3. The van der Waals surface area contributed by atoms with Crippen LogP contribution < -0.4 is 31.5 Å². The van der Waals surface area contributed by atoms with Crippen molar-refractivity contribution in [1.29, 1.82) is 21.0 Å². The highest BCUT2D eigenvalue weighted by molar-refractivity contribution is 7.22. The molecule has 0 bridgehead atoms. The number of benzene rings is 4. The quantitative estimate of drug-likeness (QED) is 0.0492. The predicted octanol–water partition coefficient (Wildman–Crippen LogP) is 3.80. The summed E-state index contributed by atoms with van der Waals surface area (Å²) in [5, 5.41) is 52.0. The highest BCUT2D eigenvalue weighted by Gasteiger charge is 2.33. The lowest BCUT2D eigenvalue weighted by Gasteiger charge is -2.34. The number of aromatic nitrogens is 1. The van der Waals surface area contributed by atoms with Crippen LogP contribution in [0, 0.1) is 45.3 Å². The van der Waals surface area contributed by atoms with Crippen LogP contribution in [0.2, 0.25) is 0 Å². The molecule has 4 aromatic carbocycles. The molecule has 6 saturated heterocycles. The number of para-hydroxylation sites is 1. The summed E-state index contributed by atoms with van der Waals surface area (Å²) in [4.78, 5) is 130. The van der Waals surface area contributed by atoms with Crippen molar-refractivity contribution < 1.29 is 43.2 Å². The number of nitrogens with zero attached hydrogens (tertiary/aromatic N) is 14. The Morgan fingerprint density at radius 2 is 0.857 bits per heavy atom. The zero-order valence-electron chi connectivity index (χ0n) is 60.0. The van der Waals surface area contributed by atoms with Gasteiger partial charge in [-0.1, -0.05) is 102 Å². The molecule has 6 aliphatic heterocycles. The van der Waals surface area contributed by atoms with Gasteiger partial charge in [0.15, 0.2) is 5.13 Å². The van der Waals surface area contributed by atoms with Crippen molar-refractivity contribution in [2.45, 2.75) is 114 Å². The fourth-order valence-corrected chi connectivity index (χ4v) is 14.0. The van der Waals surface area contributed by atoms with Gasteiger partial charge in [-0.05, 0) is 86.8 Å². The first kappa shape index (κ1) is 80.3. The molecule has 0 spiro atoms. The molecule has 4 atom stereocenters. The Balaban J connectivity index is 0.000000178. The number of amides is 9. The fraction of sp³-hybridized carbons (Fsp3) is 0.500. The van der Waals surface area contributed by atoms with E-state index in [1.807, 2.05) is 102 Å². The normalized spacial score (nSPS) is 18.1. The van der Waals surface area contributed by atoms with Gasteiger partial charge >= 0.3 is 0 Å². The highest BCUT2D eigenvalue weighted by atomic mass is 32.1. The van der Waals surface area contributed by atoms with E-state index in [-0.39, 0.29) is 110 Å². The van der Waals surface area contributed by atoms with Gasteiger partial charge < -0.3 is 70.7 Å². The Hall–Kier alpha value is -10.4. The molecule has 1 aromatic heterocycles. The topological polar surface area (TPSA) is 351 Å². The molecule has 29 heteroatoms. The molecule has 9 amide bonds. The number of hydrogen-bond donors (Lipinski definition) is 5. The lowest BCUT2D eigenvalue weighted by Crippen LogP contribution is -2.49. The molecule has 7 heterocycles. The van der Waals surface area contributed by atoms with Gasteiger partial charge in [-0.3, -0.25) is 43.2 Å². The molecule has 5 N–H and O–H groups in total. The van der Waals surface area contributed by atoms with Gasteiger partial charge in [0.25, 0.3) is 5.91 Å². The molecule has 0 saturated carbocycles. The number of likely N-dealkylation sites (tertiary alicyclic amines) is 4. The first-order valence-corrected chi connectivity index (χ1v) is 37.1. The Bertz CT molecular complexity index is 3820. The van der Waals surface area contributed by atoms with Gasteiger partial charge in [0, 0.05) is 143 Å². The minimum atomic E-state index is -0.325. The fourth-order valence-electron chi connectivity index (χ4n) is 13.0. The predicted molar refractivity (Wildman–Crippen MR) is 395 cm³/mol. The summed E-state index contributed by atoms with van der Waals surface area (Å²) >= 11 is 1.69. The van der Waals surface area contributed by atoms with Gasteiger partial charge in [-0.25, -0.2) is 4.98 Å². The van der Waals surface area contributed by atoms with Gasteiger partial charge in [0.1, 0.15) is 24.2 Å². The molecule has 5 aromatic rings. The van der Waals surface area contributed by atoms with E-state index in [9.17, 15) is 43.2 Å². The molecule has 6 aliphatic rings. The van der Waals surface area contributed by atoms with E-state index >= 15 is 0 Å². The number of carbonyl (C=O) groups is 9. The number of hydrogen-bond acceptors (Lipinski definition) is 20. The number of nitriles is 4. The SMILES string of the molecule is CN(Cc1ccccc1)C(=O)CCNCC(=O)N1CCC[C@H]1C#N.N#C[C@@H]1CCCN1C(=O)CNCCC(=O)N1CCN(C(=O)c2ccccc2)C1.N#C[C@@H]1CCCN1C(=O)CNCCC(=O)N1CCN(c2nc3ccccc3s2)CC1.N#C[C@@H]1CCCN1C(=O)CNCCC(=O)NCc1ccccc1. The van der Waals surface area contributed by atoms with Crippen molar-refractivity contribution >= 4 is 79.8 Å². The van der Waals surface area contributed by atoms with Crippen LogP contribution in [0.4, 0.5) is 5.13 Å². The molecule has 11 rings (SSSR count). The summed E-state index contributed by atoms with van der Waals surface area (Å²) in [5.74, 6) is -0.317. The van der Waals surface area contributed by atoms with Gasteiger partial charge in [-0.15, -0.1) is 0 Å². The lowest BCUT2D eigenvalue weighted by molar-refractivity contribution is -0.132. The van der Waals surface area contributed by atoms with Crippen LogP contribution in [0.15, 0.2) is 115 Å². The average molecular weight is 1450 g/mol. The Labute approximate surface area is 618 Å². The molecule has 6 fully saturated rings. The largest absolute Gasteiger partial charge is 0.352 e. The van der Waals surface area contributed by atoms with E-state index in [1.165, 1.54) is 4.70 Å². The van der Waals surface area contributed by atoms with Crippen LogP contribution in [0.25, 0.3) is 10.2 Å². The van der Waals surface area contributed by atoms with Gasteiger partial charge in [0.05, 0.1) is 67.3 Å². The Morgan fingerprint density at radius 3 is 1.32 bits per heavy atom. The van der Waals surface area contributed by atoms with E-state index in [0.717, 1.165) is 86.2 Å². The summed E-state index contributed by atoms with van der Waals surface area (Å²) in [5.41, 5.74) is 3.79. The smallest absolute Gasteiger partial charge is 0.255 e. The molecular formula is C76H97N19O9S. The summed E-state index contributed by atoms with van der Waals surface area (Å²) in [6.45, 7) is 10.3. The van der Waals surface area contributed by atoms with Crippen molar-refractivity contribution in [3.05, 3.63) is 132 Å². The molecule has 105 heavy (non-hydrogen) atoms. The lowest BCUT2D eigenvalue weighted by atomic mass is 10.2. The van der Waals surface area contributed by atoms with Crippen LogP contribution in [0.3, 0.4) is 0 Å². The van der Waals surface area contributed by atoms with E-state index in [2.05, 4.69) is 61.8 Å². The summed E-state index contributed by atoms with van der Waals surface area (Å²) < 4.78 is 1.18.